The van der Waals surface area contributed by atoms with Crippen LogP contribution in [-0.4, -0.2) is 35.4 Å². The van der Waals surface area contributed by atoms with E-state index in [1.807, 2.05) is 30.3 Å². The molecule has 2 amide bonds. The highest BCUT2D eigenvalue weighted by Gasteiger charge is 2.28. The second-order valence-corrected chi connectivity index (χ2v) is 6.93. The Labute approximate surface area is 136 Å². The maximum absolute atomic E-state index is 12.3. The molecule has 5 heteroatoms. The molecule has 0 saturated heterocycles. The molecule has 0 heterocycles. The number of rotatable bonds is 9. The fourth-order valence-electron chi connectivity index (χ4n) is 2.16. The Hall–Kier alpha value is -1.49. The number of amides is 2. The van der Waals surface area contributed by atoms with Crippen LogP contribution in [0, 0.1) is 0 Å². The van der Waals surface area contributed by atoms with E-state index in [0.717, 1.165) is 29.9 Å². The van der Waals surface area contributed by atoms with Gasteiger partial charge in [0.25, 0.3) is 0 Å². The molecular formula is C17H24N2O2S. The summed E-state index contributed by atoms with van der Waals surface area (Å²) in [5.41, 5.74) is 1.06. The SMILES string of the molecule is CCSCCC(=O)N[C@H](Cc1ccccc1)C(=O)NC1CC1. The zero-order valence-corrected chi connectivity index (χ0v) is 13.8. The predicted octanol–water partition coefficient (Wildman–Crippen LogP) is 2.14. The summed E-state index contributed by atoms with van der Waals surface area (Å²) >= 11 is 1.74. The van der Waals surface area contributed by atoms with Crippen LogP contribution >= 0.6 is 11.8 Å². The van der Waals surface area contributed by atoms with Gasteiger partial charge in [0, 0.05) is 24.6 Å². The smallest absolute Gasteiger partial charge is 0.243 e. The van der Waals surface area contributed by atoms with E-state index in [2.05, 4.69) is 17.6 Å². The number of thioether (sulfide) groups is 1. The van der Waals surface area contributed by atoms with Crippen LogP contribution in [0.2, 0.25) is 0 Å². The third-order valence-electron chi connectivity index (χ3n) is 3.54. The first kappa shape index (κ1) is 16.9. The molecule has 0 aliphatic heterocycles. The van der Waals surface area contributed by atoms with Gasteiger partial charge in [0.15, 0.2) is 0 Å². The number of hydrogen-bond acceptors (Lipinski definition) is 3. The van der Waals surface area contributed by atoms with Crippen LogP contribution in [0.4, 0.5) is 0 Å². The molecule has 0 aromatic heterocycles. The topological polar surface area (TPSA) is 58.2 Å². The van der Waals surface area contributed by atoms with E-state index in [0.29, 0.717) is 18.9 Å². The van der Waals surface area contributed by atoms with E-state index < -0.39 is 6.04 Å². The Morgan fingerprint density at radius 2 is 2.00 bits per heavy atom. The van der Waals surface area contributed by atoms with Gasteiger partial charge in [-0.1, -0.05) is 37.3 Å². The quantitative estimate of drug-likeness (QED) is 0.685. The van der Waals surface area contributed by atoms with Gasteiger partial charge in [0.05, 0.1) is 0 Å². The summed E-state index contributed by atoms with van der Waals surface area (Å²) in [5, 5.41) is 5.88. The zero-order chi connectivity index (χ0) is 15.8. The first-order chi connectivity index (χ1) is 10.7. The van der Waals surface area contributed by atoms with E-state index >= 15 is 0 Å². The molecule has 0 unspecified atom stereocenters. The molecule has 1 aliphatic rings. The Morgan fingerprint density at radius 1 is 1.27 bits per heavy atom. The van der Waals surface area contributed by atoms with E-state index in [1.165, 1.54) is 0 Å². The van der Waals surface area contributed by atoms with Gasteiger partial charge in [-0.2, -0.15) is 11.8 Å². The second-order valence-electron chi connectivity index (χ2n) is 5.54. The maximum Gasteiger partial charge on any atom is 0.243 e. The summed E-state index contributed by atoms with van der Waals surface area (Å²) in [6.07, 6.45) is 3.09. The average Bonchev–Trinajstić information content (AvgIpc) is 3.32. The van der Waals surface area contributed by atoms with Crippen molar-refractivity contribution in [3.63, 3.8) is 0 Å². The number of carbonyl (C=O) groups excluding carboxylic acids is 2. The van der Waals surface area contributed by atoms with Crippen LogP contribution in [-0.2, 0) is 16.0 Å². The molecule has 1 saturated carbocycles. The van der Waals surface area contributed by atoms with E-state index in [9.17, 15) is 9.59 Å². The first-order valence-corrected chi connectivity index (χ1v) is 9.06. The van der Waals surface area contributed by atoms with Gasteiger partial charge in [-0.15, -0.1) is 0 Å². The van der Waals surface area contributed by atoms with Crippen LogP contribution < -0.4 is 10.6 Å². The third kappa shape index (κ3) is 6.10. The minimum Gasteiger partial charge on any atom is -0.352 e. The molecule has 1 aromatic rings. The van der Waals surface area contributed by atoms with Crippen LogP contribution in [0.1, 0.15) is 31.7 Å². The average molecular weight is 320 g/mol. The number of carbonyl (C=O) groups is 2. The summed E-state index contributed by atoms with van der Waals surface area (Å²) in [5.74, 6) is 1.68. The predicted molar refractivity (Wildman–Crippen MR) is 90.9 cm³/mol. The molecule has 0 bridgehead atoms. The first-order valence-electron chi connectivity index (χ1n) is 7.90. The Balaban J connectivity index is 1.91. The van der Waals surface area contributed by atoms with E-state index in [1.54, 1.807) is 11.8 Å². The highest BCUT2D eigenvalue weighted by atomic mass is 32.2. The van der Waals surface area contributed by atoms with Crippen LogP contribution in [0.5, 0.6) is 0 Å². The molecule has 22 heavy (non-hydrogen) atoms. The van der Waals surface area contributed by atoms with Crippen LogP contribution in [0.3, 0.4) is 0 Å². The maximum atomic E-state index is 12.3. The third-order valence-corrected chi connectivity index (χ3v) is 4.44. The monoisotopic (exact) mass is 320 g/mol. The van der Waals surface area contributed by atoms with Gasteiger partial charge in [0.2, 0.25) is 11.8 Å². The lowest BCUT2D eigenvalue weighted by Crippen LogP contribution is -2.48. The molecule has 1 fully saturated rings. The molecule has 1 aromatic carbocycles. The Bertz CT molecular complexity index is 489. The van der Waals surface area contributed by atoms with Crippen molar-refractivity contribution in [2.75, 3.05) is 11.5 Å². The van der Waals surface area contributed by atoms with Crippen molar-refractivity contribution < 1.29 is 9.59 Å². The number of hydrogen-bond donors (Lipinski definition) is 2. The number of benzene rings is 1. The van der Waals surface area contributed by atoms with Crippen molar-refractivity contribution in [1.82, 2.24) is 10.6 Å². The molecule has 1 aliphatic carbocycles. The van der Waals surface area contributed by atoms with Crippen LogP contribution in [0.25, 0.3) is 0 Å². The summed E-state index contributed by atoms with van der Waals surface area (Å²) in [4.78, 5) is 24.4. The van der Waals surface area contributed by atoms with Gasteiger partial charge in [-0.25, -0.2) is 0 Å². The molecule has 0 spiro atoms. The van der Waals surface area contributed by atoms with Gasteiger partial charge in [0.1, 0.15) is 6.04 Å². The van der Waals surface area contributed by atoms with Gasteiger partial charge >= 0.3 is 0 Å². The molecular weight excluding hydrogens is 296 g/mol. The van der Waals surface area contributed by atoms with Crippen molar-refractivity contribution >= 4 is 23.6 Å². The highest BCUT2D eigenvalue weighted by molar-refractivity contribution is 7.99. The van der Waals surface area contributed by atoms with E-state index in [-0.39, 0.29) is 11.8 Å². The molecule has 2 N–H and O–H groups in total. The fraction of sp³-hybridized carbons (Fsp3) is 0.529. The normalized spacial score (nSPS) is 15.1. The molecule has 4 nitrogen and oxygen atoms in total. The zero-order valence-electron chi connectivity index (χ0n) is 13.0. The van der Waals surface area contributed by atoms with E-state index in [4.69, 9.17) is 0 Å². The minimum absolute atomic E-state index is 0.0483. The summed E-state index contributed by atoms with van der Waals surface area (Å²) in [7, 11) is 0. The fourth-order valence-corrected chi connectivity index (χ4v) is 2.78. The van der Waals surface area contributed by atoms with Crippen molar-refractivity contribution in [1.29, 1.82) is 0 Å². The second kappa shape index (κ2) is 8.83. The Morgan fingerprint density at radius 3 is 2.64 bits per heavy atom. The lowest BCUT2D eigenvalue weighted by atomic mass is 10.1. The lowest BCUT2D eigenvalue weighted by molar-refractivity contribution is -0.128. The largest absolute Gasteiger partial charge is 0.352 e. The molecule has 1 atom stereocenters. The molecule has 0 radical (unpaired) electrons. The van der Waals surface area contributed by atoms with Crippen molar-refractivity contribution in [3.8, 4) is 0 Å². The van der Waals surface area contributed by atoms with Gasteiger partial charge in [-0.3, -0.25) is 9.59 Å². The molecule has 2 rings (SSSR count). The van der Waals surface area contributed by atoms with Crippen molar-refractivity contribution in [2.24, 2.45) is 0 Å². The lowest BCUT2D eigenvalue weighted by Gasteiger charge is -2.18. The summed E-state index contributed by atoms with van der Waals surface area (Å²) < 4.78 is 0. The van der Waals surface area contributed by atoms with Crippen LogP contribution in [0.15, 0.2) is 30.3 Å². The summed E-state index contributed by atoms with van der Waals surface area (Å²) in [6.45, 7) is 2.07. The van der Waals surface area contributed by atoms with Gasteiger partial charge in [-0.05, 0) is 24.2 Å². The highest BCUT2D eigenvalue weighted by Crippen LogP contribution is 2.19. The van der Waals surface area contributed by atoms with Crippen molar-refractivity contribution in [3.05, 3.63) is 35.9 Å². The number of nitrogens with one attached hydrogen (secondary N) is 2. The minimum atomic E-state index is -0.484. The summed E-state index contributed by atoms with van der Waals surface area (Å²) in [6, 6.07) is 9.63. The molecule has 120 valence electrons. The Kier molecular flexibility index (Phi) is 6.77. The van der Waals surface area contributed by atoms with Gasteiger partial charge < -0.3 is 10.6 Å². The van der Waals surface area contributed by atoms with Crippen molar-refractivity contribution in [2.45, 2.75) is 44.7 Å². The standard InChI is InChI=1S/C17H24N2O2S/c1-2-22-11-10-16(20)19-15(17(21)18-14-8-9-14)12-13-6-4-3-5-7-13/h3-7,14-15H,2,8-12H2,1H3,(H,18,21)(H,19,20)/t15-/m1/s1.